The maximum atomic E-state index is 12.2. The van der Waals surface area contributed by atoms with Crippen molar-refractivity contribution in [2.24, 2.45) is 0 Å². The van der Waals surface area contributed by atoms with Crippen LogP contribution in [-0.4, -0.2) is 19.5 Å². The van der Waals surface area contributed by atoms with Crippen molar-refractivity contribution in [3.05, 3.63) is 59.1 Å². The Morgan fingerprint density at radius 1 is 1.05 bits per heavy atom. The van der Waals surface area contributed by atoms with Crippen LogP contribution in [0.1, 0.15) is 10.4 Å². The van der Waals surface area contributed by atoms with Crippen LogP contribution < -0.4 is 4.72 Å². The molecular formula is C13H10ClNO4S. The zero-order valence-electron chi connectivity index (χ0n) is 10.1. The van der Waals surface area contributed by atoms with Crippen LogP contribution in [0.5, 0.6) is 0 Å². The van der Waals surface area contributed by atoms with Gasteiger partial charge in [0.25, 0.3) is 10.0 Å². The second-order valence-electron chi connectivity index (χ2n) is 3.89. The summed E-state index contributed by atoms with van der Waals surface area (Å²) >= 11 is 5.84. The van der Waals surface area contributed by atoms with Gasteiger partial charge in [0.15, 0.2) is 0 Å². The molecule has 0 unspecified atom stereocenters. The standard InChI is InChI=1S/C13H10ClNO4S/c14-10-6-2-4-8-12(10)20(18,19)15-11-7-3-1-5-9(11)13(16)17/h1-8,15H,(H,16,17). The number of nitrogens with one attached hydrogen (secondary N) is 1. The van der Waals surface area contributed by atoms with E-state index in [0.717, 1.165) is 0 Å². The highest BCUT2D eigenvalue weighted by Crippen LogP contribution is 2.24. The first kappa shape index (κ1) is 14.4. The van der Waals surface area contributed by atoms with Crippen LogP contribution in [0.3, 0.4) is 0 Å². The molecule has 0 saturated carbocycles. The minimum absolute atomic E-state index is 0.0140. The lowest BCUT2D eigenvalue weighted by molar-refractivity contribution is 0.0698. The zero-order valence-corrected chi connectivity index (χ0v) is 11.6. The first-order valence-electron chi connectivity index (χ1n) is 5.51. The summed E-state index contributed by atoms with van der Waals surface area (Å²) in [6, 6.07) is 11.7. The Hall–Kier alpha value is -2.05. The van der Waals surface area contributed by atoms with Gasteiger partial charge < -0.3 is 5.11 Å². The van der Waals surface area contributed by atoms with E-state index in [0.29, 0.717) is 0 Å². The molecule has 0 aliphatic rings. The van der Waals surface area contributed by atoms with Crippen LogP contribution >= 0.6 is 11.6 Å². The molecule has 0 radical (unpaired) electrons. The van der Waals surface area contributed by atoms with Gasteiger partial charge in [0.1, 0.15) is 4.90 Å². The number of carboxylic acid groups (broad SMARTS) is 1. The molecule has 0 saturated heterocycles. The van der Waals surface area contributed by atoms with Crippen LogP contribution in [0, 0.1) is 0 Å². The third-order valence-corrected chi connectivity index (χ3v) is 4.39. The van der Waals surface area contributed by atoms with Crippen molar-refractivity contribution in [3.63, 3.8) is 0 Å². The number of para-hydroxylation sites is 1. The van der Waals surface area contributed by atoms with E-state index in [9.17, 15) is 13.2 Å². The lowest BCUT2D eigenvalue weighted by Crippen LogP contribution is -2.15. The van der Waals surface area contributed by atoms with Crippen molar-refractivity contribution in [2.75, 3.05) is 4.72 Å². The average Bonchev–Trinajstić information content (AvgIpc) is 2.39. The Morgan fingerprint density at radius 3 is 2.30 bits per heavy atom. The van der Waals surface area contributed by atoms with Crippen LogP contribution in [-0.2, 0) is 10.0 Å². The van der Waals surface area contributed by atoms with Crippen molar-refractivity contribution in [1.29, 1.82) is 0 Å². The number of anilines is 1. The molecule has 104 valence electrons. The molecule has 2 aromatic carbocycles. The molecule has 2 N–H and O–H groups in total. The normalized spacial score (nSPS) is 11.1. The molecular weight excluding hydrogens is 302 g/mol. The van der Waals surface area contributed by atoms with E-state index in [2.05, 4.69) is 4.72 Å². The Morgan fingerprint density at radius 2 is 1.65 bits per heavy atom. The van der Waals surface area contributed by atoms with Crippen molar-refractivity contribution in [2.45, 2.75) is 4.90 Å². The highest BCUT2D eigenvalue weighted by molar-refractivity contribution is 7.92. The molecule has 0 spiro atoms. The van der Waals surface area contributed by atoms with E-state index >= 15 is 0 Å². The van der Waals surface area contributed by atoms with E-state index < -0.39 is 16.0 Å². The van der Waals surface area contributed by atoms with Crippen LogP contribution in [0.2, 0.25) is 5.02 Å². The largest absolute Gasteiger partial charge is 0.478 e. The summed E-state index contributed by atoms with van der Waals surface area (Å²) in [6.07, 6.45) is 0. The van der Waals surface area contributed by atoms with E-state index in [1.165, 1.54) is 42.5 Å². The average molecular weight is 312 g/mol. The van der Waals surface area contributed by atoms with Gasteiger partial charge in [0.05, 0.1) is 16.3 Å². The quantitative estimate of drug-likeness (QED) is 0.909. The monoisotopic (exact) mass is 311 g/mol. The van der Waals surface area contributed by atoms with Gasteiger partial charge in [-0.25, -0.2) is 13.2 Å². The summed E-state index contributed by atoms with van der Waals surface area (Å²) in [6.45, 7) is 0. The third-order valence-electron chi connectivity index (χ3n) is 2.53. The van der Waals surface area contributed by atoms with E-state index in [-0.39, 0.29) is 21.2 Å². The van der Waals surface area contributed by atoms with Crippen LogP contribution in [0.4, 0.5) is 5.69 Å². The number of sulfonamides is 1. The van der Waals surface area contributed by atoms with Crippen molar-refractivity contribution in [3.8, 4) is 0 Å². The lowest BCUT2D eigenvalue weighted by atomic mass is 10.2. The van der Waals surface area contributed by atoms with Crippen molar-refractivity contribution in [1.82, 2.24) is 0 Å². The fourth-order valence-electron chi connectivity index (χ4n) is 1.62. The topological polar surface area (TPSA) is 83.5 Å². The molecule has 0 heterocycles. The predicted molar refractivity (Wildman–Crippen MR) is 75.7 cm³/mol. The zero-order chi connectivity index (χ0) is 14.8. The predicted octanol–water partition coefficient (Wildman–Crippen LogP) is 2.84. The summed E-state index contributed by atoms with van der Waals surface area (Å²) in [5.74, 6) is -1.22. The first-order chi connectivity index (χ1) is 9.42. The fraction of sp³-hybridized carbons (Fsp3) is 0. The van der Waals surface area contributed by atoms with Crippen LogP contribution in [0.25, 0.3) is 0 Å². The van der Waals surface area contributed by atoms with Gasteiger partial charge in [-0.2, -0.15) is 0 Å². The molecule has 0 aliphatic heterocycles. The summed E-state index contributed by atoms with van der Waals surface area (Å²) in [5, 5.41) is 9.09. The number of rotatable bonds is 4. The van der Waals surface area contributed by atoms with E-state index in [1.54, 1.807) is 6.07 Å². The number of benzene rings is 2. The smallest absolute Gasteiger partial charge is 0.337 e. The second kappa shape index (κ2) is 5.52. The number of halogens is 1. The molecule has 0 atom stereocenters. The molecule has 5 nitrogen and oxygen atoms in total. The second-order valence-corrected chi connectivity index (χ2v) is 5.94. The highest BCUT2D eigenvalue weighted by Gasteiger charge is 2.20. The maximum Gasteiger partial charge on any atom is 0.337 e. The molecule has 0 amide bonds. The Bertz CT molecular complexity index is 758. The summed E-state index contributed by atoms with van der Waals surface area (Å²) in [5.41, 5.74) is -0.150. The number of hydrogen-bond donors (Lipinski definition) is 2. The van der Waals surface area contributed by atoms with Gasteiger partial charge in [-0.1, -0.05) is 35.9 Å². The Balaban J connectivity index is 2.45. The SMILES string of the molecule is O=C(O)c1ccccc1NS(=O)(=O)c1ccccc1Cl. The third kappa shape index (κ3) is 2.92. The molecule has 0 aliphatic carbocycles. The highest BCUT2D eigenvalue weighted by atomic mass is 35.5. The van der Waals surface area contributed by atoms with Crippen molar-refractivity contribution >= 4 is 33.3 Å². The minimum atomic E-state index is -3.95. The number of hydrogen-bond acceptors (Lipinski definition) is 3. The van der Waals surface area contributed by atoms with Crippen molar-refractivity contribution < 1.29 is 18.3 Å². The van der Waals surface area contributed by atoms with Gasteiger partial charge in [0.2, 0.25) is 0 Å². The van der Waals surface area contributed by atoms with Gasteiger partial charge in [-0.05, 0) is 24.3 Å². The Kier molecular flexibility index (Phi) is 3.96. The number of carbonyl (C=O) groups is 1. The number of carboxylic acids is 1. The lowest BCUT2D eigenvalue weighted by Gasteiger charge is -2.11. The summed E-state index contributed by atoms with van der Waals surface area (Å²) in [7, 11) is -3.95. The summed E-state index contributed by atoms with van der Waals surface area (Å²) < 4.78 is 26.6. The maximum absolute atomic E-state index is 12.2. The minimum Gasteiger partial charge on any atom is -0.478 e. The molecule has 0 fully saturated rings. The van der Waals surface area contributed by atoms with Gasteiger partial charge >= 0.3 is 5.97 Å². The summed E-state index contributed by atoms with van der Waals surface area (Å²) in [4.78, 5) is 10.9. The first-order valence-corrected chi connectivity index (χ1v) is 7.37. The molecule has 0 bridgehead atoms. The molecule has 2 aromatic rings. The number of aromatic carboxylic acids is 1. The molecule has 2 rings (SSSR count). The van der Waals surface area contributed by atoms with Gasteiger partial charge in [-0.15, -0.1) is 0 Å². The van der Waals surface area contributed by atoms with Gasteiger partial charge in [0, 0.05) is 0 Å². The Labute approximate surface area is 120 Å². The van der Waals surface area contributed by atoms with Crippen LogP contribution in [0.15, 0.2) is 53.4 Å². The van der Waals surface area contributed by atoms with E-state index in [4.69, 9.17) is 16.7 Å². The molecule has 20 heavy (non-hydrogen) atoms. The van der Waals surface area contributed by atoms with Gasteiger partial charge in [-0.3, -0.25) is 4.72 Å². The van der Waals surface area contributed by atoms with E-state index in [1.807, 2.05) is 0 Å². The molecule has 0 aromatic heterocycles. The molecule has 7 heteroatoms. The fourth-order valence-corrected chi connectivity index (χ4v) is 3.22.